The van der Waals surface area contributed by atoms with Crippen LogP contribution in [0.3, 0.4) is 0 Å². The van der Waals surface area contributed by atoms with Crippen LogP contribution < -0.4 is 5.32 Å². The van der Waals surface area contributed by atoms with Crippen LogP contribution in [-0.2, 0) is 33.2 Å². The van der Waals surface area contributed by atoms with E-state index in [1.54, 1.807) is 6.08 Å². The van der Waals surface area contributed by atoms with E-state index in [1.165, 1.54) is 308 Å². The van der Waals surface area contributed by atoms with Gasteiger partial charge in [-0.25, -0.2) is 0 Å². The molecule has 0 aromatic heterocycles. The van der Waals surface area contributed by atoms with Crippen LogP contribution in [0, 0.1) is 0 Å². The zero-order valence-electron chi connectivity index (χ0n) is 64.9. The van der Waals surface area contributed by atoms with E-state index in [0.717, 1.165) is 44.9 Å². The lowest BCUT2D eigenvalue weighted by atomic mass is 9.96. The maximum absolute atomic E-state index is 13.5. The molecule has 3 fully saturated rings. The van der Waals surface area contributed by atoms with E-state index in [-0.39, 0.29) is 18.9 Å². The summed E-state index contributed by atoms with van der Waals surface area (Å²) in [5, 5.41) is 121. The fourth-order valence-corrected chi connectivity index (χ4v) is 15.0. The van der Waals surface area contributed by atoms with Gasteiger partial charge in [0.2, 0.25) is 5.91 Å². The first-order valence-corrected chi connectivity index (χ1v) is 42.9. The van der Waals surface area contributed by atoms with Crippen LogP contribution >= 0.6 is 0 Å². The van der Waals surface area contributed by atoms with Crippen LogP contribution in [0.15, 0.2) is 12.2 Å². The molecule has 3 rings (SSSR count). The molecule has 17 unspecified atom stereocenters. The van der Waals surface area contributed by atoms with Gasteiger partial charge in [-0.3, -0.25) is 4.79 Å². The summed E-state index contributed by atoms with van der Waals surface area (Å²) >= 11 is 0. The van der Waals surface area contributed by atoms with E-state index in [4.69, 9.17) is 28.4 Å². The molecule has 0 spiro atoms. The highest BCUT2D eigenvalue weighted by atomic mass is 16.8. The number of carbonyl (C=O) groups is 1. The number of aliphatic hydroxyl groups is 11. The molecule has 0 aromatic carbocycles. The average molecular weight is 1460 g/mol. The Bertz CT molecular complexity index is 1890. The minimum atomic E-state index is -1.98. The number of hydrogen-bond acceptors (Lipinski definition) is 18. The molecule has 0 aromatic rings. The van der Waals surface area contributed by atoms with Crippen molar-refractivity contribution in [2.75, 3.05) is 26.4 Å². The third-order valence-corrected chi connectivity index (χ3v) is 21.8. The van der Waals surface area contributed by atoms with Crippen LogP contribution in [0.25, 0.3) is 0 Å². The van der Waals surface area contributed by atoms with Gasteiger partial charge in [0.25, 0.3) is 0 Å². The Morgan fingerprint density at radius 1 is 0.343 bits per heavy atom. The van der Waals surface area contributed by atoms with E-state index in [0.29, 0.717) is 6.42 Å². The van der Waals surface area contributed by atoms with Gasteiger partial charge in [0.05, 0.1) is 38.6 Å². The highest BCUT2D eigenvalue weighted by molar-refractivity contribution is 5.76. The number of unbranched alkanes of at least 4 members (excludes halogenated alkanes) is 54. The number of carbonyl (C=O) groups excluding carboxylic acids is 1. The van der Waals surface area contributed by atoms with Gasteiger partial charge < -0.3 is 89.9 Å². The number of ether oxygens (including phenoxy) is 6. The maximum Gasteiger partial charge on any atom is 0.220 e. The van der Waals surface area contributed by atoms with Crippen molar-refractivity contribution in [1.29, 1.82) is 0 Å². The number of nitrogens with one attached hydrogen (secondary N) is 1. The lowest BCUT2D eigenvalue weighted by molar-refractivity contribution is -0.379. The number of rotatable bonds is 70. The highest BCUT2D eigenvalue weighted by Crippen LogP contribution is 2.34. The van der Waals surface area contributed by atoms with Gasteiger partial charge in [-0.2, -0.15) is 0 Å². The fraction of sp³-hybridized carbons (Fsp3) is 0.964. The predicted octanol–water partition coefficient (Wildman–Crippen LogP) is 15.1. The number of aliphatic hydroxyl groups excluding tert-OH is 11. The maximum atomic E-state index is 13.5. The molecule has 17 atom stereocenters. The predicted molar refractivity (Wildman–Crippen MR) is 407 cm³/mol. The molecule has 604 valence electrons. The van der Waals surface area contributed by atoms with Crippen molar-refractivity contribution in [3.63, 3.8) is 0 Å². The minimum Gasteiger partial charge on any atom is -0.394 e. The van der Waals surface area contributed by atoms with Gasteiger partial charge in [0.1, 0.15) is 73.2 Å². The Morgan fingerprint density at radius 3 is 0.922 bits per heavy atom. The van der Waals surface area contributed by atoms with E-state index >= 15 is 0 Å². The molecular formula is C83H159NO18. The molecule has 3 aliphatic rings. The molecule has 3 saturated heterocycles. The van der Waals surface area contributed by atoms with Gasteiger partial charge >= 0.3 is 0 Å². The molecule has 12 N–H and O–H groups in total. The molecule has 0 aliphatic carbocycles. The van der Waals surface area contributed by atoms with Crippen LogP contribution in [0.2, 0.25) is 0 Å². The summed E-state index contributed by atoms with van der Waals surface area (Å²) < 4.78 is 34.5. The van der Waals surface area contributed by atoms with Crippen molar-refractivity contribution in [2.45, 2.75) is 484 Å². The van der Waals surface area contributed by atoms with Crippen molar-refractivity contribution < 1.29 is 89.4 Å². The Morgan fingerprint density at radius 2 is 0.608 bits per heavy atom. The Kier molecular flexibility index (Phi) is 59.8. The summed E-state index contributed by atoms with van der Waals surface area (Å²) in [5.41, 5.74) is 0. The standard InChI is InChI=1S/C83H159NO18/c1-3-5-7-9-11-13-15-17-19-21-23-25-27-29-31-32-33-35-37-39-41-43-45-47-49-51-53-55-57-59-61-71(89)84-66(67(88)60-58-56-54-52-50-48-46-44-42-40-38-36-34-30-28-26-24-22-20-18-16-14-12-10-8-6-4-2)65-97-81-77(95)74(92)79(69(63-86)99-81)102-83-78(96)75(93)80(70(64-87)100-83)101-82-76(94)73(91)72(90)68(62-85)98-82/h58,60,66-70,72-83,85-88,90-96H,3-57,59,61-65H2,1-2H3,(H,84,89)/b60-58+. The van der Waals surface area contributed by atoms with Crippen molar-refractivity contribution in [3.8, 4) is 0 Å². The second-order valence-electron chi connectivity index (χ2n) is 31.0. The fourth-order valence-electron chi connectivity index (χ4n) is 15.0. The van der Waals surface area contributed by atoms with Crippen LogP contribution in [0.1, 0.15) is 380 Å². The third kappa shape index (κ3) is 43.7. The Balaban J connectivity index is 1.35. The zero-order valence-corrected chi connectivity index (χ0v) is 64.9. The number of amides is 1. The SMILES string of the molecule is CCCCCCCCCCCCCCCCCCCCCCCCCCC/C=C/C(O)C(COC1OC(CO)C(OC2OC(CO)C(OC3OC(CO)C(O)C(O)C3O)C(O)C2O)C(O)C1O)NC(=O)CCCCCCCCCCCCCCCCCCCCCCCCCCCCCCCC. The summed E-state index contributed by atoms with van der Waals surface area (Å²) in [5.74, 6) is -0.265. The smallest absolute Gasteiger partial charge is 0.220 e. The van der Waals surface area contributed by atoms with Crippen molar-refractivity contribution in [2.24, 2.45) is 0 Å². The van der Waals surface area contributed by atoms with E-state index in [1.807, 2.05) is 6.08 Å². The highest BCUT2D eigenvalue weighted by Gasteiger charge is 2.54. The largest absolute Gasteiger partial charge is 0.394 e. The van der Waals surface area contributed by atoms with Gasteiger partial charge in [-0.15, -0.1) is 0 Å². The van der Waals surface area contributed by atoms with Gasteiger partial charge in [0.15, 0.2) is 18.9 Å². The first kappa shape index (κ1) is 94.7. The van der Waals surface area contributed by atoms with Crippen LogP contribution in [0.4, 0.5) is 0 Å². The quantitative estimate of drug-likeness (QED) is 0.0199. The topological polar surface area (TPSA) is 307 Å². The Labute approximate surface area is 620 Å². The molecule has 0 bridgehead atoms. The lowest BCUT2D eigenvalue weighted by Crippen LogP contribution is -2.66. The molecule has 0 saturated carbocycles. The second-order valence-corrected chi connectivity index (χ2v) is 31.0. The molecule has 0 radical (unpaired) electrons. The molecule has 1 amide bonds. The zero-order chi connectivity index (χ0) is 73.9. The van der Waals surface area contributed by atoms with Gasteiger partial charge in [0, 0.05) is 6.42 Å². The minimum absolute atomic E-state index is 0.250. The first-order chi connectivity index (χ1) is 49.8. The van der Waals surface area contributed by atoms with Crippen molar-refractivity contribution >= 4 is 5.91 Å². The van der Waals surface area contributed by atoms with Gasteiger partial charge in [-0.05, 0) is 19.3 Å². The molecule has 3 heterocycles. The summed E-state index contributed by atoms with van der Waals surface area (Å²) in [6, 6.07) is -0.971. The normalized spacial score (nSPS) is 26.1. The summed E-state index contributed by atoms with van der Waals surface area (Å²) in [4.78, 5) is 13.5. The Hall–Kier alpha value is -1.47. The molecule has 19 heteroatoms. The number of allylic oxidation sites excluding steroid dienone is 1. The van der Waals surface area contributed by atoms with E-state index < -0.39 is 124 Å². The monoisotopic (exact) mass is 1460 g/mol. The van der Waals surface area contributed by atoms with E-state index in [9.17, 15) is 61.0 Å². The van der Waals surface area contributed by atoms with Crippen LogP contribution in [-0.4, -0.2) is 193 Å². The lowest BCUT2D eigenvalue weighted by Gasteiger charge is -2.48. The average Bonchev–Trinajstić information content (AvgIpc) is 0.775. The molecule has 102 heavy (non-hydrogen) atoms. The molecular weight excluding hydrogens is 1300 g/mol. The van der Waals surface area contributed by atoms with Crippen molar-refractivity contribution in [1.82, 2.24) is 5.32 Å². The molecule has 3 aliphatic heterocycles. The number of hydrogen-bond donors (Lipinski definition) is 12. The summed E-state index contributed by atoms with van der Waals surface area (Å²) in [6.45, 7) is 1.82. The second kappa shape index (κ2) is 64.4. The van der Waals surface area contributed by atoms with Gasteiger partial charge in [-0.1, -0.05) is 366 Å². The van der Waals surface area contributed by atoms with Crippen molar-refractivity contribution in [3.05, 3.63) is 12.2 Å². The van der Waals surface area contributed by atoms with E-state index in [2.05, 4.69) is 19.2 Å². The van der Waals surface area contributed by atoms with Crippen LogP contribution in [0.5, 0.6) is 0 Å². The first-order valence-electron chi connectivity index (χ1n) is 42.9. The molecule has 19 nitrogen and oxygen atoms in total. The summed E-state index contributed by atoms with van der Waals surface area (Å²) in [7, 11) is 0. The summed E-state index contributed by atoms with van der Waals surface area (Å²) in [6.07, 6.45) is 50.7. The third-order valence-electron chi connectivity index (χ3n) is 21.8.